The summed E-state index contributed by atoms with van der Waals surface area (Å²) in [5.74, 6) is 2.31. The van der Waals surface area contributed by atoms with Crippen molar-refractivity contribution in [1.82, 2.24) is 10.2 Å². The SMILES string of the molecule is C[C@H]1[C@H](C)CCC[C@@H]1NC(=O)[C@@H](C)N1CCC(c2ccc(O)cc2)CC1. The zero-order chi connectivity index (χ0) is 18.7. The van der Waals surface area contributed by atoms with Crippen LogP contribution in [0.25, 0.3) is 0 Å². The van der Waals surface area contributed by atoms with Crippen LogP contribution in [0.1, 0.15) is 64.4 Å². The van der Waals surface area contributed by atoms with E-state index in [1.807, 2.05) is 19.1 Å². The van der Waals surface area contributed by atoms with Gasteiger partial charge in [-0.05, 0) is 74.7 Å². The fraction of sp³-hybridized carbons (Fsp3) is 0.682. The van der Waals surface area contributed by atoms with Gasteiger partial charge in [0.1, 0.15) is 5.75 Å². The molecule has 4 heteroatoms. The van der Waals surface area contributed by atoms with Crippen LogP contribution in [0.15, 0.2) is 24.3 Å². The summed E-state index contributed by atoms with van der Waals surface area (Å²) in [6.45, 7) is 8.55. The lowest BCUT2D eigenvalue weighted by atomic mass is 9.78. The summed E-state index contributed by atoms with van der Waals surface area (Å²) < 4.78 is 0. The maximum absolute atomic E-state index is 12.8. The molecule has 1 amide bonds. The minimum atomic E-state index is -0.0554. The molecule has 4 atom stereocenters. The molecule has 2 aliphatic rings. The van der Waals surface area contributed by atoms with E-state index in [4.69, 9.17) is 0 Å². The molecule has 4 nitrogen and oxygen atoms in total. The molecule has 1 aromatic rings. The summed E-state index contributed by atoms with van der Waals surface area (Å²) in [6.07, 6.45) is 5.77. The maximum Gasteiger partial charge on any atom is 0.237 e. The third-order valence-corrected chi connectivity index (χ3v) is 6.86. The first-order chi connectivity index (χ1) is 12.5. The Balaban J connectivity index is 1.50. The Labute approximate surface area is 158 Å². The Bertz CT molecular complexity index is 593. The average Bonchev–Trinajstić information content (AvgIpc) is 2.65. The Morgan fingerprint density at radius 3 is 2.42 bits per heavy atom. The first-order valence-electron chi connectivity index (χ1n) is 10.3. The van der Waals surface area contributed by atoms with Crippen molar-refractivity contribution < 1.29 is 9.90 Å². The monoisotopic (exact) mass is 358 g/mol. The van der Waals surface area contributed by atoms with E-state index in [0.717, 1.165) is 32.4 Å². The molecule has 0 radical (unpaired) electrons. The number of nitrogens with one attached hydrogen (secondary N) is 1. The number of carbonyl (C=O) groups is 1. The van der Waals surface area contributed by atoms with Gasteiger partial charge in [-0.3, -0.25) is 9.69 Å². The first kappa shape index (κ1) is 19.2. The van der Waals surface area contributed by atoms with Gasteiger partial charge in [-0.1, -0.05) is 38.8 Å². The van der Waals surface area contributed by atoms with Gasteiger partial charge < -0.3 is 10.4 Å². The Kier molecular flexibility index (Phi) is 6.23. The van der Waals surface area contributed by atoms with Crippen molar-refractivity contribution in [2.75, 3.05) is 13.1 Å². The number of nitrogens with zero attached hydrogens (tertiary/aromatic N) is 1. The van der Waals surface area contributed by atoms with E-state index in [1.54, 1.807) is 12.1 Å². The van der Waals surface area contributed by atoms with E-state index in [9.17, 15) is 9.90 Å². The van der Waals surface area contributed by atoms with E-state index < -0.39 is 0 Å². The Morgan fingerprint density at radius 2 is 1.77 bits per heavy atom. The van der Waals surface area contributed by atoms with E-state index in [2.05, 4.69) is 24.1 Å². The molecule has 0 aromatic heterocycles. The van der Waals surface area contributed by atoms with Crippen molar-refractivity contribution in [1.29, 1.82) is 0 Å². The number of aromatic hydroxyl groups is 1. The van der Waals surface area contributed by atoms with Gasteiger partial charge in [0.2, 0.25) is 5.91 Å². The highest BCUT2D eigenvalue weighted by Crippen LogP contribution is 2.31. The second-order valence-corrected chi connectivity index (χ2v) is 8.46. The number of hydrogen-bond donors (Lipinski definition) is 2. The molecule has 1 aromatic carbocycles. The Hall–Kier alpha value is -1.55. The maximum atomic E-state index is 12.8. The van der Waals surface area contributed by atoms with Crippen molar-refractivity contribution in [3.8, 4) is 5.75 Å². The number of carbonyl (C=O) groups excluding carboxylic acids is 1. The highest BCUT2D eigenvalue weighted by Gasteiger charge is 2.32. The van der Waals surface area contributed by atoms with Gasteiger partial charge in [0, 0.05) is 6.04 Å². The highest BCUT2D eigenvalue weighted by atomic mass is 16.3. The summed E-state index contributed by atoms with van der Waals surface area (Å²) in [7, 11) is 0. The van der Waals surface area contributed by atoms with Crippen LogP contribution in [0, 0.1) is 11.8 Å². The van der Waals surface area contributed by atoms with Crippen molar-refractivity contribution in [3.05, 3.63) is 29.8 Å². The molecule has 1 aliphatic heterocycles. The lowest BCUT2D eigenvalue weighted by Gasteiger charge is -2.38. The molecule has 1 aliphatic carbocycles. The fourth-order valence-electron chi connectivity index (χ4n) is 4.62. The number of piperidine rings is 1. The summed E-state index contributed by atoms with van der Waals surface area (Å²) in [4.78, 5) is 15.1. The molecular weight excluding hydrogens is 324 g/mol. The highest BCUT2D eigenvalue weighted by molar-refractivity contribution is 5.81. The summed E-state index contributed by atoms with van der Waals surface area (Å²) in [5.41, 5.74) is 1.30. The molecule has 144 valence electrons. The predicted molar refractivity (Wildman–Crippen MR) is 105 cm³/mol. The number of phenolic OH excluding ortho intramolecular Hbond substituents is 1. The van der Waals surface area contributed by atoms with Gasteiger partial charge in [0.05, 0.1) is 6.04 Å². The van der Waals surface area contributed by atoms with Crippen molar-refractivity contribution in [3.63, 3.8) is 0 Å². The molecule has 3 rings (SSSR count). The van der Waals surface area contributed by atoms with Crippen LogP contribution in [-0.2, 0) is 4.79 Å². The number of benzene rings is 1. The Morgan fingerprint density at radius 1 is 1.12 bits per heavy atom. The normalized spacial score (nSPS) is 29.3. The van der Waals surface area contributed by atoms with Gasteiger partial charge in [-0.15, -0.1) is 0 Å². The van der Waals surface area contributed by atoms with Gasteiger partial charge in [-0.2, -0.15) is 0 Å². The molecule has 0 unspecified atom stereocenters. The zero-order valence-electron chi connectivity index (χ0n) is 16.4. The van der Waals surface area contributed by atoms with Crippen LogP contribution in [0.3, 0.4) is 0 Å². The minimum absolute atomic E-state index is 0.0554. The van der Waals surface area contributed by atoms with Crippen LogP contribution in [0.5, 0.6) is 5.75 Å². The largest absolute Gasteiger partial charge is 0.508 e. The fourth-order valence-corrected chi connectivity index (χ4v) is 4.62. The van der Waals surface area contributed by atoms with Crippen molar-refractivity contribution >= 4 is 5.91 Å². The van der Waals surface area contributed by atoms with Crippen molar-refractivity contribution in [2.45, 2.75) is 70.9 Å². The van der Waals surface area contributed by atoms with Gasteiger partial charge >= 0.3 is 0 Å². The summed E-state index contributed by atoms with van der Waals surface area (Å²) in [5, 5.41) is 12.8. The number of phenols is 1. The molecule has 26 heavy (non-hydrogen) atoms. The average molecular weight is 359 g/mol. The van der Waals surface area contributed by atoms with E-state index in [0.29, 0.717) is 29.5 Å². The number of rotatable bonds is 4. The number of amides is 1. The second-order valence-electron chi connectivity index (χ2n) is 8.46. The summed E-state index contributed by atoms with van der Waals surface area (Å²) in [6, 6.07) is 7.87. The summed E-state index contributed by atoms with van der Waals surface area (Å²) >= 11 is 0. The van der Waals surface area contributed by atoms with E-state index in [1.165, 1.54) is 18.4 Å². The molecular formula is C22H34N2O2. The second kappa shape index (κ2) is 8.43. The molecule has 2 N–H and O–H groups in total. The topological polar surface area (TPSA) is 52.6 Å². The van der Waals surface area contributed by atoms with Crippen LogP contribution >= 0.6 is 0 Å². The van der Waals surface area contributed by atoms with Crippen LogP contribution < -0.4 is 5.32 Å². The minimum Gasteiger partial charge on any atom is -0.508 e. The van der Waals surface area contributed by atoms with Crippen molar-refractivity contribution in [2.24, 2.45) is 11.8 Å². The van der Waals surface area contributed by atoms with Crippen LogP contribution in [0.4, 0.5) is 0 Å². The van der Waals surface area contributed by atoms with Gasteiger partial charge in [0.15, 0.2) is 0 Å². The standard InChI is InChI=1S/C22H34N2O2/c1-15-5-4-6-21(16(15)2)23-22(26)17(3)24-13-11-19(12-14-24)18-7-9-20(25)10-8-18/h7-10,15-17,19,21,25H,4-6,11-14H2,1-3H3,(H,23,26)/t15-,16+,17-,21+/m1/s1. The molecule has 1 heterocycles. The molecule has 1 saturated heterocycles. The third-order valence-electron chi connectivity index (χ3n) is 6.86. The van der Waals surface area contributed by atoms with E-state index in [-0.39, 0.29) is 11.9 Å². The zero-order valence-corrected chi connectivity index (χ0v) is 16.4. The first-order valence-corrected chi connectivity index (χ1v) is 10.3. The molecule has 1 saturated carbocycles. The lowest BCUT2D eigenvalue weighted by molar-refractivity contribution is -0.127. The third kappa shape index (κ3) is 4.40. The number of hydrogen-bond acceptors (Lipinski definition) is 3. The van der Waals surface area contributed by atoms with E-state index >= 15 is 0 Å². The molecule has 0 bridgehead atoms. The smallest absolute Gasteiger partial charge is 0.237 e. The lowest BCUT2D eigenvalue weighted by Crippen LogP contribution is -2.52. The van der Waals surface area contributed by atoms with Crippen LogP contribution in [-0.4, -0.2) is 41.1 Å². The molecule has 0 spiro atoms. The number of likely N-dealkylation sites (tertiary alicyclic amines) is 1. The quantitative estimate of drug-likeness (QED) is 0.858. The van der Waals surface area contributed by atoms with Gasteiger partial charge in [0.25, 0.3) is 0 Å². The van der Waals surface area contributed by atoms with Crippen LogP contribution in [0.2, 0.25) is 0 Å². The molecule has 2 fully saturated rings. The predicted octanol–water partition coefficient (Wildman–Crippen LogP) is 3.90. The van der Waals surface area contributed by atoms with Gasteiger partial charge in [-0.25, -0.2) is 0 Å².